The van der Waals surface area contributed by atoms with Crippen molar-refractivity contribution >= 4 is 22.6 Å². The summed E-state index contributed by atoms with van der Waals surface area (Å²) in [5, 5.41) is 0. The number of aryl methyl sites for hydroxylation is 1. The van der Waals surface area contributed by atoms with Gasteiger partial charge in [-0.3, -0.25) is 0 Å². The van der Waals surface area contributed by atoms with Gasteiger partial charge in [-0.1, -0.05) is 13.8 Å². The Bertz CT molecular complexity index is 583. The fourth-order valence-corrected chi connectivity index (χ4v) is 2.66. The van der Waals surface area contributed by atoms with E-state index in [0.717, 1.165) is 11.3 Å². The van der Waals surface area contributed by atoms with Gasteiger partial charge in [0.2, 0.25) is 0 Å². The predicted octanol–water partition coefficient (Wildman–Crippen LogP) is 3.80. The van der Waals surface area contributed by atoms with Gasteiger partial charge >= 0.3 is 0 Å². The fraction of sp³-hybridized carbons (Fsp3) is 0.533. The third-order valence-corrected chi connectivity index (χ3v) is 3.67. The number of aromatic nitrogens is 2. The average molecular weight is 299 g/mol. The molecule has 0 saturated heterocycles. The van der Waals surface area contributed by atoms with Crippen LogP contribution in [0.2, 0.25) is 0 Å². The summed E-state index contributed by atoms with van der Waals surface area (Å²) >= 11 is 5.87. The molecule has 0 radical (unpaired) electrons. The SMILES string of the molecule is COCC(C(C)C)n1c(CCCl)nc2cc(F)ccc21. The highest BCUT2D eigenvalue weighted by Crippen LogP contribution is 2.27. The summed E-state index contributed by atoms with van der Waals surface area (Å²) in [6.07, 6.45) is 0.658. The number of alkyl halides is 1. The second kappa shape index (κ2) is 6.55. The quantitative estimate of drug-likeness (QED) is 0.759. The van der Waals surface area contributed by atoms with Gasteiger partial charge in [-0.2, -0.15) is 0 Å². The van der Waals surface area contributed by atoms with E-state index in [1.165, 1.54) is 12.1 Å². The molecule has 0 spiro atoms. The normalized spacial score (nSPS) is 13.3. The Morgan fingerprint density at radius 2 is 2.15 bits per heavy atom. The van der Waals surface area contributed by atoms with Gasteiger partial charge in [0.15, 0.2) is 0 Å². The van der Waals surface area contributed by atoms with Gasteiger partial charge < -0.3 is 9.30 Å². The summed E-state index contributed by atoms with van der Waals surface area (Å²) in [7, 11) is 1.69. The number of rotatable bonds is 6. The molecule has 5 heteroatoms. The van der Waals surface area contributed by atoms with Crippen LogP contribution in [0.3, 0.4) is 0 Å². The van der Waals surface area contributed by atoms with Crippen molar-refractivity contribution in [3.8, 4) is 0 Å². The van der Waals surface area contributed by atoms with Crippen molar-refractivity contribution in [3.05, 3.63) is 29.8 Å². The van der Waals surface area contributed by atoms with Gasteiger partial charge in [-0.05, 0) is 18.1 Å². The van der Waals surface area contributed by atoms with E-state index < -0.39 is 0 Å². The molecule has 1 atom stereocenters. The third kappa shape index (κ3) is 2.96. The summed E-state index contributed by atoms with van der Waals surface area (Å²) in [5.74, 6) is 1.49. The monoisotopic (exact) mass is 298 g/mol. The van der Waals surface area contributed by atoms with E-state index in [2.05, 4.69) is 23.4 Å². The van der Waals surface area contributed by atoms with E-state index >= 15 is 0 Å². The van der Waals surface area contributed by atoms with Crippen molar-refractivity contribution < 1.29 is 9.13 Å². The minimum atomic E-state index is -0.271. The molecule has 1 aromatic carbocycles. The summed E-state index contributed by atoms with van der Waals surface area (Å²) in [6.45, 7) is 4.88. The lowest BCUT2D eigenvalue weighted by molar-refractivity contribution is 0.133. The number of imidazole rings is 1. The largest absolute Gasteiger partial charge is 0.383 e. The maximum absolute atomic E-state index is 13.4. The topological polar surface area (TPSA) is 27.1 Å². The van der Waals surface area contributed by atoms with Crippen molar-refractivity contribution in [2.45, 2.75) is 26.3 Å². The first kappa shape index (κ1) is 15.3. The Morgan fingerprint density at radius 1 is 1.40 bits per heavy atom. The van der Waals surface area contributed by atoms with Crippen LogP contribution in [0, 0.1) is 11.7 Å². The summed E-state index contributed by atoms with van der Waals surface area (Å²) in [6, 6.07) is 4.87. The van der Waals surface area contributed by atoms with Crippen molar-refractivity contribution in [2.24, 2.45) is 5.92 Å². The number of hydrogen-bond donors (Lipinski definition) is 0. The second-order valence-electron chi connectivity index (χ2n) is 5.24. The van der Waals surface area contributed by atoms with Crippen molar-refractivity contribution in [2.75, 3.05) is 19.6 Å². The Labute approximate surface area is 123 Å². The molecular formula is C15H20ClFN2O. The molecule has 0 aliphatic carbocycles. The maximum atomic E-state index is 13.4. The Morgan fingerprint density at radius 3 is 2.75 bits per heavy atom. The van der Waals surface area contributed by atoms with Gasteiger partial charge in [0.1, 0.15) is 11.6 Å². The smallest absolute Gasteiger partial charge is 0.125 e. The Kier molecular flexibility index (Phi) is 5.00. The minimum absolute atomic E-state index is 0.161. The van der Waals surface area contributed by atoms with Gasteiger partial charge in [-0.15, -0.1) is 11.6 Å². The number of fused-ring (bicyclic) bond motifs is 1. The molecule has 1 heterocycles. The van der Waals surface area contributed by atoms with Crippen LogP contribution in [0.15, 0.2) is 18.2 Å². The van der Waals surface area contributed by atoms with E-state index in [1.54, 1.807) is 13.2 Å². The van der Waals surface area contributed by atoms with Crippen molar-refractivity contribution in [3.63, 3.8) is 0 Å². The minimum Gasteiger partial charge on any atom is -0.383 e. The van der Waals surface area contributed by atoms with E-state index in [1.807, 2.05) is 0 Å². The number of halogens is 2. The number of ether oxygens (including phenoxy) is 1. The first-order valence-corrected chi connectivity index (χ1v) is 7.33. The zero-order valence-corrected chi connectivity index (χ0v) is 12.8. The summed E-state index contributed by atoms with van der Waals surface area (Å²) in [5.41, 5.74) is 1.61. The summed E-state index contributed by atoms with van der Waals surface area (Å²) < 4.78 is 20.9. The number of nitrogens with zero attached hydrogens (tertiary/aromatic N) is 2. The van der Waals surface area contributed by atoms with E-state index in [4.69, 9.17) is 16.3 Å². The van der Waals surface area contributed by atoms with Crippen LogP contribution in [0.25, 0.3) is 11.0 Å². The van der Waals surface area contributed by atoms with Gasteiger partial charge in [-0.25, -0.2) is 9.37 Å². The molecule has 20 heavy (non-hydrogen) atoms. The zero-order chi connectivity index (χ0) is 14.7. The molecule has 2 rings (SSSR count). The molecule has 0 aliphatic heterocycles. The first-order valence-electron chi connectivity index (χ1n) is 6.79. The fourth-order valence-electron chi connectivity index (χ4n) is 2.49. The molecule has 0 amide bonds. The highest BCUT2D eigenvalue weighted by atomic mass is 35.5. The second-order valence-corrected chi connectivity index (χ2v) is 5.61. The lowest BCUT2D eigenvalue weighted by atomic mass is 10.0. The van der Waals surface area contributed by atoms with Crippen LogP contribution >= 0.6 is 11.6 Å². The highest BCUT2D eigenvalue weighted by Gasteiger charge is 2.22. The lowest BCUT2D eigenvalue weighted by Gasteiger charge is -2.24. The third-order valence-electron chi connectivity index (χ3n) is 3.48. The molecule has 2 aromatic rings. The van der Waals surface area contributed by atoms with Gasteiger partial charge in [0.05, 0.1) is 23.7 Å². The molecule has 110 valence electrons. The number of hydrogen-bond acceptors (Lipinski definition) is 2. The van der Waals surface area contributed by atoms with Crippen LogP contribution in [-0.4, -0.2) is 29.1 Å². The molecule has 0 aliphatic rings. The predicted molar refractivity (Wildman–Crippen MR) is 79.9 cm³/mol. The average Bonchev–Trinajstić information content (AvgIpc) is 2.73. The maximum Gasteiger partial charge on any atom is 0.125 e. The van der Waals surface area contributed by atoms with Crippen LogP contribution < -0.4 is 0 Å². The molecule has 1 unspecified atom stereocenters. The molecular weight excluding hydrogens is 279 g/mol. The number of benzene rings is 1. The molecule has 0 N–H and O–H groups in total. The Hall–Kier alpha value is -1.13. The Balaban J connectivity index is 2.60. The molecule has 0 saturated carbocycles. The van der Waals surface area contributed by atoms with E-state index in [0.29, 0.717) is 30.3 Å². The van der Waals surface area contributed by atoms with Gasteiger partial charge in [0.25, 0.3) is 0 Å². The lowest BCUT2D eigenvalue weighted by Crippen LogP contribution is -2.22. The van der Waals surface area contributed by atoms with Crippen LogP contribution in [0.5, 0.6) is 0 Å². The van der Waals surface area contributed by atoms with Crippen LogP contribution in [0.4, 0.5) is 4.39 Å². The highest BCUT2D eigenvalue weighted by molar-refractivity contribution is 6.17. The summed E-state index contributed by atoms with van der Waals surface area (Å²) in [4.78, 5) is 4.53. The molecule has 3 nitrogen and oxygen atoms in total. The van der Waals surface area contributed by atoms with Crippen LogP contribution in [-0.2, 0) is 11.2 Å². The number of methoxy groups -OCH3 is 1. The van der Waals surface area contributed by atoms with Crippen molar-refractivity contribution in [1.29, 1.82) is 0 Å². The van der Waals surface area contributed by atoms with Gasteiger partial charge in [0, 0.05) is 25.5 Å². The molecule has 0 fully saturated rings. The molecule has 1 aromatic heterocycles. The standard InChI is InChI=1S/C15H20ClFN2O/c1-10(2)14(9-20-3)19-13-5-4-11(17)8-12(13)18-15(19)6-7-16/h4-5,8,10,14H,6-7,9H2,1-3H3. The van der Waals surface area contributed by atoms with E-state index in [-0.39, 0.29) is 11.9 Å². The molecule has 0 bridgehead atoms. The van der Waals surface area contributed by atoms with E-state index in [9.17, 15) is 4.39 Å². The first-order chi connectivity index (χ1) is 9.58. The zero-order valence-electron chi connectivity index (χ0n) is 12.1. The van der Waals surface area contributed by atoms with Crippen LogP contribution in [0.1, 0.15) is 25.7 Å². The van der Waals surface area contributed by atoms with Crippen molar-refractivity contribution in [1.82, 2.24) is 9.55 Å².